The van der Waals surface area contributed by atoms with Gasteiger partial charge in [-0.2, -0.15) is 5.10 Å². The molecule has 1 fully saturated rings. The molecule has 0 bridgehead atoms. The van der Waals surface area contributed by atoms with Gasteiger partial charge in [-0.1, -0.05) is 0 Å². The molecular formula is C16H23N5O. The van der Waals surface area contributed by atoms with Crippen molar-refractivity contribution in [3.63, 3.8) is 0 Å². The third-order valence-corrected chi connectivity index (χ3v) is 3.92. The van der Waals surface area contributed by atoms with Gasteiger partial charge in [0.05, 0.1) is 36.3 Å². The van der Waals surface area contributed by atoms with E-state index in [0.29, 0.717) is 0 Å². The molecule has 6 nitrogen and oxygen atoms in total. The number of nitrogens with zero attached hydrogens (tertiary/aromatic N) is 5. The van der Waals surface area contributed by atoms with Crippen molar-refractivity contribution in [2.45, 2.75) is 40.0 Å². The van der Waals surface area contributed by atoms with Crippen LogP contribution in [0.4, 0.5) is 0 Å². The zero-order valence-corrected chi connectivity index (χ0v) is 13.5. The molecule has 1 aliphatic heterocycles. The summed E-state index contributed by atoms with van der Waals surface area (Å²) in [5.74, 6) is 0. The Kier molecular flexibility index (Phi) is 4.49. The van der Waals surface area contributed by atoms with E-state index in [0.717, 1.165) is 49.9 Å². The monoisotopic (exact) mass is 301 g/mol. The Morgan fingerprint density at radius 2 is 2.05 bits per heavy atom. The van der Waals surface area contributed by atoms with E-state index >= 15 is 0 Å². The molecule has 1 saturated heterocycles. The molecule has 1 atom stereocenters. The predicted molar refractivity (Wildman–Crippen MR) is 83.5 cm³/mol. The number of aryl methyl sites for hydroxylation is 3. The van der Waals surface area contributed by atoms with E-state index in [2.05, 4.69) is 33.0 Å². The fourth-order valence-electron chi connectivity index (χ4n) is 2.82. The molecule has 118 valence electrons. The smallest absolute Gasteiger partial charge is 0.0898 e. The maximum Gasteiger partial charge on any atom is 0.0898 e. The molecule has 0 spiro atoms. The highest BCUT2D eigenvalue weighted by Gasteiger charge is 2.22. The lowest BCUT2D eigenvalue weighted by atomic mass is 10.2. The van der Waals surface area contributed by atoms with Crippen LogP contribution in [0.3, 0.4) is 0 Å². The molecule has 22 heavy (non-hydrogen) atoms. The van der Waals surface area contributed by atoms with Gasteiger partial charge in [-0.25, -0.2) is 0 Å². The molecule has 0 aliphatic carbocycles. The van der Waals surface area contributed by atoms with Crippen LogP contribution in [-0.2, 0) is 17.8 Å². The third kappa shape index (κ3) is 3.69. The molecular weight excluding hydrogens is 278 g/mol. The Morgan fingerprint density at radius 1 is 1.18 bits per heavy atom. The van der Waals surface area contributed by atoms with E-state index in [9.17, 15) is 0 Å². The first-order chi connectivity index (χ1) is 10.6. The van der Waals surface area contributed by atoms with E-state index in [-0.39, 0.29) is 6.10 Å². The van der Waals surface area contributed by atoms with Gasteiger partial charge in [0.1, 0.15) is 0 Å². The lowest BCUT2D eigenvalue weighted by Crippen LogP contribution is -2.44. The lowest BCUT2D eigenvalue weighted by Gasteiger charge is -2.32. The number of morpholine rings is 1. The van der Waals surface area contributed by atoms with Crippen LogP contribution < -0.4 is 0 Å². The molecule has 6 heteroatoms. The van der Waals surface area contributed by atoms with E-state index < -0.39 is 0 Å². The number of rotatable bonds is 4. The van der Waals surface area contributed by atoms with Crippen LogP contribution in [-0.4, -0.2) is 50.4 Å². The van der Waals surface area contributed by atoms with E-state index in [1.54, 1.807) is 0 Å². The highest BCUT2D eigenvalue weighted by molar-refractivity contribution is 5.06. The summed E-state index contributed by atoms with van der Waals surface area (Å²) in [6, 6.07) is 2.10. The number of hydrogen-bond donors (Lipinski definition) is 0. The van der Waals surface area contributed by atoms with Gasteiger partial charge in [0.15, 0.2) is 0 Å². The summed E-state index contributed by atoms with van der Waals surface area (Å²) in [4.78, 5) is 11.1. The molecule has 0 radical (unpaired) electrons. The van der Waals surface area contributed by atoms with E-state index in [4.69, 9.17) is 4.74 Å². The Labute approximate surface area is 131 Å². The Bertz CT molecular complexity index is 622. The van der Waals surface area contributed by atoms with Crippen molar-refractivity contribution in [2.24, 2.45) is 0 Å². The largest absolute Gasteiger partial charge is 0.374 e. The zero-order valence-electron chi connectivity index (χ0n) is 13.5. The Balaban J connectivity index is 1.59. The molecule has 1 aliphatic rings. The van der Waals surface area contributed by atoms with Crippen LogP contribution in [0.25, 0.3) is 0 Å². The summed E-state index contributed by atoms with van der Waals surface area (Å²) in [7, 11) is 0. The zero-order chi connectivity index (χ0) is 15.5. The van der Waals surface area contributed by atoms with Gasteiger partial charge in [-0.3, -0.25) is 19.5 Å². The normalized spacial score (nSPS) is 19.5. The van der Waals surface area contributed by atoms with Crippen LogP contribution in [0.15, 0.2) is 18.5 Å². The topological polar surface area (TPSA) is 56.1 Å². The van der Waals surface area contributed by atoms with Crippen molar-refractivity contribution >= 4 is 0 Å². The molecule has 0 saturated carbocycles. The van der Waals surface area contributed by atoms with Crippen molar-refractivity contribution < 1.29 is 4.74 Å². The fraction of sp³-hybridized carbons (Fsp3) is 0.562. The second kappa shape index (κ2) is 6.54. The second-order valence-corrected chi connectivity index (χ2v) is 5.99. The van der Waals surface area contributed by atoms with E-state index in [1.807, 2.05) is 30.9 Å². The van der Waals surface area contributed by atoms with Crippen molar-refractivity contribution in [3.05, 3.63) is 41.2 Å². The van der Waals surface area contributed by atoms with Gasteiger partial charge in [-0.15, -0.1) is 0 Å². The van der Waals surface area contributed by atoms with Gasteiger partial charge in [0.2, 0.25) is 0 Å². The van der Waals surface area contributed by atoms with Gasteiger partial charge >= 0.3 is 0 Å². The first-order valence-corrected chi connectivity index (χ1v) is 7.72. The van der Waals surface area contributed by atoms with Gasteiger partial charge in [-0.05, 0) is 26.8 Å². The fourth-order valence-corrected chi connectivity index (χ4v) is 2.82. The minimum atomic E-state index is 0.171. The van der Waals surface area contributed by atoms with Crippen LogP contribution in [0.1, 0.15) is 22.8 Å². The van der Waals surface area contributed by atoms with Crippen molar-refractivity contribution in [3.8, 4) is 0 Å². The van der Waals surface area contributed by atoms with Crippen molar-refractivity contribution in [2.75, 3.05) is 19.7 Å². The number of hydrogen-bond acceptors (Lipinski definition) is 5. The third-order valence-electron chi connectivity index (χ3n) is 3.92. The summed E-state index contributed by atoms with van der Waals surface area (Å²) in [6.45, 7) is 10.3. The molecule has 0 N–H and O–H groups in total. The van der Waals surface area contributed by atoms with Crippen LogP contribution in [0, 0.1) is 20.8 Å². The van der Waals surface area contributed by atoms with Crippen LogP contribution >= 0.6 is 0 Å². The minimum Gasteiger partial charge on any atom is -0.374 e. The molecule has 3 heterocycles. The standard InChI is InChI=1S/C16H23N5O/c1-12-6-14(3)21(19-12)11-16-10-20(4-5-22-16)9-15-8-17-13(2)7-18-15/h6-8,16H,4-5,9-11H2,1-3H3. The van der Waals surface area contributed by atoms with Gasteiger partial charge in [0, 0.05) is 37.7 Å². The molecule has 2 aromatic rings. The summed E-state index contributed by atoms with van der Waals surface area (Å²) >= 11 is 0. The van der Waals surface area contributed by atoms with Crippen molar-refractivity contribution in [1.29, 1.82) is 0 Å². The average molecular weight is 301 g/mol. The predicted octanol–water partition coefficient (Wildman–Crippen LogP) is 1.50. The SMILES string of the molecule is Cc1cnc(CN2CCOC(Cn3nc(C)cc3C)C2)cn1. The molecule has 0 aromatic carbocycles. The molecule has 2 aromatic heterocycles. The van der Waals surface area contributed by atoms with Crippen molar-refractivity contribution in [1.82, 2.24) is 24.6 Å². The molecule has 3 rings (SSSR count). The number of ether oxygens (including phenoxy) is 1. The second-order valence-electron chi connectivity index (χ2n) is 5.99. The average Bonchev–Trinajstić information content (AvgIpc) is 2.80. The van der Waals surface area contributed by atoms with E-state index in [1.165, 1.54) is 5.69 Å². The highest BCUT2D eigenvalue weighted by Crippen LogP contribution is 2.12. The minimum absolute atomic E-state index is 0.171. The number of aromatic nitrogens is 4. The molecule has 1 unspecified atom stereocenters. The lowest BCUT2D eigenvalue weighted by molar-refractivity contribution is -0.0408. The summed E-state index contributed by atoms with van der Waals surface area (Å²) < 4.78 is 7.93. The summed E-state index contributed by atoms with van der Waals surface area (Å²) in [5.41, 5.74) is 4.20. The molecule has 0 amide bonds. The first-order valence-electron chi connectivity index (χ1n) is 7.72. The Hall–Kier alpha value is -1.79. The van der Waals surface area contributed by atoms with Crippen LogP contribution in [0.2, 0.25) is 0 Å². The summed E-state index contributed by atoms with van der Waals surface area (Å²) in [5, 5.41) is 4.52. The maximum absolute atomic E-state index is 5.89. The maximum atomic E-state index is 5.89. The summed E-state index contributed by atoms with van der Waals surface area (Å²) in [6.07, 6.45) is 3.86. The first kappa shape index (κ1) is 15.1. The van der Waals surface area contributed by atoms with Crippen LogP contribution in [0.5, 0.6) is 0 Å². The quantitative estimate of drug-likeness (QED) is 0.856. The Morgan fingerprint density at radius 3 is 2.73 bits per heavy atom. The highest BCUT2D eigenvalue weighted by atomic mass is 16.5. The van der Waals surface area contributed by atoms with Gasteiger partial charge < -0.3 is 4.74 Å². The van der Waals surface area contributed by atoms with Gasteiger partial charge in [0.25, 0.3) is 0 Å².